The lowest BCUT2D eigenvalue weighted by Gasteiger charge is -2.39. The maximum absolute atomic E-state index is 5.13. The van der Waals surface area contributed by atoms with Crippen molar-refractivity contribution in [3.63, 3.8) is 0 Å². The van der Waals surface area contributed by atoms with Gasteiger partial charge in [-0.15, -0.1) is 24.0 Å². The Kier molecular flexibility index (Phi) is 7.77. The van der Waals surface area contributed by atoms with Crippen LogP contribution in [0.2, 0.25) is 0 Å². The predicted molar refractivity (Wildman–Crippen MR) is 106 cm³/mol. The zero-order valence-electron chi connectivity index (χ0n) is 14.8. The number of hydrogen-bond donors (Lipinski definition) is 2. The van der Waals surface area contributed by atoms with Gasteiger partial charge in [-0.1, -0.05) is 30.8 Å². The summed E-state index contributed by atoms with van der Waals surface area (Å²) in [5.41, 5.74) is 0. The Morgan fingerprint density at radius 2 is 2.00 bits per heavy atom. The van der Waals surface area contributed by atoms with E-state index in [1.165, 1.54) is 44.9 Å². The van der Waals surface area contributed by atoms with Crippen LogP contribution in [-0.2, 0) is 6.42 Å². The highest BCUT2D eigenvalue weighted by molar-refractivity contribution is 14.0. The van der Waals surface area contributed by atoms with Crippen molar-refractivity contribution in [2.75, 3.05) is 13.6 Å². The minimum atomic E-state index is 0. The fourth-order valence-electron chi connectivity index (χ4n) is 4.12. The number of rotatable bonds is 4. The van der Waals surface area contributed by atoms with Crippen molar-refractivity contribution in [1.29, 1.82) is 0 Å². The first kappa shape index (κ1) is 19.5. The molecule has 1 aromatic rings. The molecule has 2 saturated carbocycles. The number of fused-ring (bicyclic) bond motifs is 1. The van der Waals surface area contributed by atoms with Crippen molar-refractivity contribution in [2.45, 2.75) is 64.3 Å². The minimum absolute atomic E-state index is 0. The monoisotopic (exact) mass is 447 g/mol. The molecular formula is C17H30IN5O. The lowest BCUT2D eigenvalue weighted by atomic mass is 9.69. The molecule has 0 radical (unpaired) electrons. The second-order valence-corrected chi connectivity index (χ2v) is 6.94. The number of hydrogen-bond acceptors (Lipinski definition) is 4. The van der Waals surface area contributed by atoms with Gasteiger partial charge < -0.3 is 15.2 Å². The van der Waals surface area contributed by atoms with E-state index >= 15 is 0 Å². The summed E-state index contributed by atoms with van der Waals surface area (Å²) >= 11 is 0. The zero-order valence-corrected chi connectivity index (χ0v) is 17.1. The first-order chi connectivity index (χ1) is 11.2. The van der Waals surface area contributed by atoms with Crippen LogP contribution in [0.25, 0.3) is 0 Å². The summed E-state index contributed by atoms with van der Waals surface area (Å²) in [5, 5.41) is 10.8. The molecule has 0 amide bonds. The van der Waals surface area contributed by atoms with Gasteiger partial charge in [-0.05, 0) is 38.0 Å². The second-order valence-electron chi connectivity index (χ2n) is 6.94. The summed E-state index contributed by atoms with van der Waals surface area (Å²) in [5.74, 6) is 4.16. The van der Waals surface area contributed by atoms with Crippen molar-refractivity contribution >= 4 is 29.9 Å². The zero-order chi connectivity index (χ0) is 16.1. The maximum atomic E-state index is 5.13. The van der Waals surface area contributed by atoms with Gasteiger partial charge in [0.1, 0.15) is 0 Å². The first-order valence-electron chi connectivity index (χ1n) is 9.01. The summed E-state index contributed by atoms with van der Waals surface area (Å²) in [6, 6.07) is 0.561. The third-order valence-corrected chi connectivity index (χ3v) is 5.31. The Morgan fingerprint density at radius 3 is 2.71 bits per heavy atom. The third kappa shape index (κ3) is 5.32. The Hall–Kier alpha value is -0.860. The van der Waals surface area contributed by atoms with E-state index in [0.717, 1.165) is 30.8 Å². The molecule has 0 aliphatic heterocycles. The Balaban J connectivity index is 0.00000208. The fourth-order valence-corrected chi connectivity index (χ4v) is 4.12. The quantitative estimate of drug-likeness (QED) is 0.422. The van der Waals surface area contributed by atoms with Crippen LogP contribution in [0.15, 0.2) is 9.52 Å². The lowest BCUT2D eigenvalue weighted by molar-refractivity contribution is 0.150. The van der Waals surface area contributed by atoms with Gasteiger partial charge in [0.05, 0.1) is 0 Å². The Morgan fingerprint density at radius 1 is 1.21 bits per heavy atom. The highest BCUT2D eigenvalue weighted by atomic mass is 127. The third-order valence-electron chi connectivity index (χ3n) is 5.31. The van der Waals surface area contributed by atoms with Gasteiger partial charge in [0.15, 0.2) is 11.8 Å². The lowest BCUT2D eigenvalue weighted by Crippen LogP contribution is -2.47. The fraction of sp³-hybridized carbons (Fsp3) is 0.824. The van der Waals surface area contributed by atoms with Crippen LogP contribution in [0.5, 0.6) is 0 Å². The van der Waals surface area contributed by atoms with E-state index in [2.05, 4.69) is 25.8 Å². The number of aryl methyl sites for hydroxylation is 1. The number of nitrogens with one attached hydrogen (secondary N) is 2. The molecule has 2 aliphatic rings. The van der Waals surface area contributed by atoms with Gasteiger partial charge in [-0.25, -0.2) is 0 Å². The van der Waals surface area contributed by atoms with Gasteiger partial charge in [0.25, 0.3) is 0 Å². The molecule has 2 aliphatic carbocycles. The Bertz CT molecular complexity index is 533. The predicted octanol–water partition coefficient (Wildman–Crippen LogP) is 3.06. The normalized spacial score (nSPS) is 27.1. The summed E-state index contributed by atoms with van der Waals surface area (Å²) in [6.45, 7) is 2.59. The molecule has 1 aromatic heterocycles. The SMILES string of the molecule is CN=C(NCCc1nc(C)no1)NC1CCC2CCCCC2C1.I. The van der Waals surface area contributed by atoms with Crippen molar-refractivity contribution < 1.29 is 4.52 Å². The molecule has 7 heteroatoms. The molecule has 2 fully saturated rings. The molecule has 6 nitrogen and oxygen atoms in total. The molecule has 136 valence electrons. The standard InChI is InChI=1S/C17H29N5O.HI/c1-12-20-16(23-22-12)9-10-19-17(18-2)21-15-8-7-13-5-3-4-6-14(13)11-15;/h13-15H,3-11H2,1-2H3,(H2,18,19,21);1H. The molecule has 3 atom stereocenters. The largest absolute Gasteiger partial charge is 0.356 e. The molecule has 3 rings (SSSR count). The number of guanidine groups is 1. The van der Waals surface area contributed by atoms with E-state index in [1.54, 1.807) is 0 Å². The van der Waals surface area contributed by atoms with Crippen LogP contribution in [-0.4, -0.2) is 35.7 Å². The summed E-state index contributed by atoms with van der Waals surface area (Å²) in [6.07, 6.45) is 10.4. The van der Waals surface area contributed by atoms with Crippen LogP contribution in [0.4, 0.5) is 0 Å². The highest BCUT2D eigenvalue weighted by Gasteiger charge is 2.32. The van der Waals surface area contributed by atoms with Gasteiger partial charge in [0.2, 0.25) is 5.89 Å². The van der Waals surface area contributed by atoms with Crippen LogP contribution < -0.4 is 10.6 Å². The molecule has 2 N–H and O–H groups in total. The molecule has 0 spiro atoms. The molecule has 24 heavy (non-hydrogen) atoms. The van der Waals surface area contributed by atoms with Gasteiger partial charge >= 0.3 is 0 Å². The van der Waals surface area contributed by atoms with Crippen molar-refractivity contribution in [2.24, 2.45) is 16.8 Å². The molecule has 0 saturated heterocycles. The van der Waals surface area contributed by atoms with E-state index in [-0.39, 0.29) is 24.0 Å². The topological polar surface area (TPSA) is 75.3 Å². The average Bonchev–Trinajstić information content (AvgIpc) is 2.99. The molecule has 0 bridgehead atoms. The summed E-state index contributed by atoms with van der Waals surface area (Å²) < 4.78 is 5.13. The molecular weight excluding hydrogens is 417 g/mol. The van der Waals surface area contributed by atoms with Gasteiger partial charge in [0, 0.05) is 26.1 Å². The van der Waals surface area contributed by atoms with E-state index in [9.17, 15) is 0 Å². The first-order valence-corrected chi connectivity index (χ1v) is 9.01. The van der Waals surface area contributed by atoms with Crippen molar-refractivity contribution in [3.05, 3.63) is 11.7 Å². The number of nitrogens with zero attached hydrogens (tertiary/aromatic N) is 3. The van der Waals surface area contributed by atoms with Crippen molar-refractivity contribution in [1.82, 2.24) is 20.8 Å². The van der Waals surface area contributed by atoms with Crippen LogP contribution in [0.3, 0.4) is 0 Å². The van der Waals surface area contributed by atoms with E-state index < -0.39 is 0 Å². The smallest absolute Gasteiger partial charge is 0.228 e. The van der Waals surface area contributed by atoms with Crippen LogP contribution >= 0.6 is 24.0 Å². The van der Waals surface area contributed by atoms with Gasteiger partial charge in [-0.2, -0.15) is 4.98 Å². The maximum Gasteiger partial charge on any atom is 0.228 e. The van der Waals surface area contributed by atoms with E-state index in [0.29, 0.717) is 17.8 Å². The molecule has 3 unspecified atom stereocenters. The minimum Gasteiger partial charge on any atom is -0.356 e. The number of aliphatic imine (C=N–C) groups is 1. The highest BCUT2D eigenvalue weighted by Crippen LogP contribution is 2.40. The summed E-state index contributed by atoms with van der Waals surface area (Å²) in [7, 11) is 1.83. The summed E-state index contributed by atoms with van der Waals surface area (Å²) in [4.78, 5) is 8.57. The van der Waals surface area contributed by atoms with Gasteiger partial charge in [-0.3, -0.25) is 4.99 Å². The molecule has 0 aromatic carbocycles. The van der Waals surface area contributed by atoms with Crippen LogP contribution in [0, 0.1) is 18.8 Å². The second kappa shape index (κ2) is 9.58. The molecule has 1 heterocycles. The Labute approximate surface area is 161 Å². The van der Waals surface area contributed by atoms with Crippen molar-refractivity contribution in [3.8, 4) is 0 Å². The average molecular weight is 447 g/mol. The number of aromatic nitrogens is 2. The number of halogens is 1. The van der Waals surface area contributed by atoms with Crippen LogP contribution in [0.1, 0.15) is 56.7 Å². The van der Waals surface area contributed by atoms with E-state index in [1.807, 2.05) is 14.0 Å². The van der Waals surface area contributed by atoms with E-state index in [4.69, 9.17) is 4.52 Å².